The molecule has 0 aliphatic rings. The molecule has 0 bridgehead atoms. The number of hydrogen-bond acceptors (Lipinski definition) is 6. The fourth-order valence-electron chi connectivity index (χ4n) is 1.20. The summed E-state index contributed by atoms with van der Waals surface area (Å²) in [6.45, 7) is 0. The number of nitrogen functional groups attached to an aromatic ring is 1. The van der Waals surface area contributed by atoms with Crippen LogP contribution in [-0.4, -0.2) is 37.6 Å². The third-order valence-electron chi connectivity index (χ3n) is 1.89. The van der Waals surface area contributed by atoms with Crippen LogP contribution in [0.4, 0.5) is 11.4 Å². The van der Waals surface area contributed by atoms with E-state index in [2.05, 4.69) is 0 Å². The summed E-state index contributed by atoms with van der Waals surface area (Å²) in [5.74, 6) is -2.26. The summed E-state index contributed by atoms with van der Waals surface area (Å²) in [6.07, 6.45) is 0. The first-order valence-corrected chi connectivity index (χ1v) is 7.66. The fourth-order valence-corrected chi connectivity index (χ4v) is 2.24. The molecule has 0 aliphatic carbocycles. The van der Waals surface area contributed by atoms with Gasteiger partial charge >= 0.3 is 0 Å². The van der Waals surface area contributed by atoms with Crippen molar-refractivity contribution in [3.63, 3.8) is 0 Å². The minimum Gasteiger partial charge on any atom is -0.398 e. The van der Waals surface area contributed by atoms with Crippen LogP contribution in [0.1, 0.15) is 0 Å². The maximum absolute atomic E-state index is 11.2. The predicted molar refractivity (Wildman–Crippen MR) is 65.7 cm³/mol. The van der Waals surface area contributed by atoms with Crippen molar-refractivity contribution in [3.05, 3.63) is 18.2 Å². The Hall–Kier alpha value is -1.69. The highest BCUT2D eigenvalue weighted by molar-refractivity contribution is 7.86. The van der Waals surface area contributed by atoms with Crippen molar-refractivity contribution in [3.8, 4) is 0 Å². The number of amides is 1. The summed E-state index contributed by atoms with van der Waals surface area (Å²) >= 11 is 0. The molecule has 5 N–H and O–H groups in total. The van der Waals surface area contributed by atoms with Crippen LogP contribution in [0, 0.1) is 0 Å². The van der Waals surface area contributed by atoms with Gasteiger partial charge in [-0.1, -0.05) is 0 Å². The second-order valence-corrected chi connectivity index (χ2v) is 6.34. The molecule has 106 valence electrons. The predicted octanol–water partition coefficient (Wildman–Crippen LogP) is -0.658. The molecule has 11 heteroatoms. The van der Waals surface area contributed by atoms with Crippen molar-refractivity contribution in [2.75, 3.05) is 16.8 Å². The summed E-state index contributed by atoms with van der Waals surface area (Å²) < 4.78 is 60.1. The molecule has 0 heterocycles. The zero-order valence-electron chi connectivity index (χ0n) is 9.27. The zero-order chi connectivity index (χ0) is 14.8. The topological polar surface area (TPSA) is 164 Å². The lowest BCUT2D eigenvalue weighted by Crippen LogP contribution is -2.22. The lowest BCUT2D eigenvalue weighted by Gasteiger charge is -2.07. The Morgan fingerprint density at radius 1 is 1.21 bits per heavy atom. The maximum atomic E-state index is 11.2. The van der Waals surface area contributed by atoms with Gasteiger partial charge in [0.15, 0.2) is 5.75 Å². The Morgan fingerprint density at radius 2 is 1.79 bits per heavy atom. The summed E-state index contributed by atoms with van der Waals surface area (Å²) in [4.78, 5) is 10.6. The molecule has 0 atom stereocenters. The first kappa shape index (κ1) is 15.4. The van der Waals surface area contributed by atoms with Gasteiger partial charge in [-0.05, 0) is 18.2 Å². The molecule has 0 saturated carbocycles. The SMILES string of the molecule is Nc1ccc(NC(=O)CS(=O)(=O)O)cc1S(=O)(=O)O. The number of carbonyl (C=O) groups excluding carboxylic acids is 1. The zero-order valence-corrected chi connectivity index (χ0v) is 10.9. The Labute approximate surface area is 108 Å². The van der Waals surface area contributed by atoms with Gasteiger partial charge in [0.25, 0.3) is 20.2 Å². The summed E-state index contributed by atoms with van der Waals surface area (Å²) in [5.41, 5.74) is 4.98. The van der Waals surface area contributed by atoms with Crippen LogP contribution in [0.2, 0.25) is 0 Å². The van der Waals surface area contributed by atoms with Crippen molar-refractivity contribution in [2.24, 2.45) is 0 Å². The smallest absolute Gasteiger partial charge is 0.296 e. The number of rotatable bonds is 4. The first-order chi connectivity index (χ1) is 8.49. The number of carbonyl (C=O) groups is 1. The molecule has 0 fully saturated rings. The minimum atomic E-state index is -4.57. The highest BCUT2D eigenvalue weighted by atomic mass is 32.2. The van der Waals surface area contributed by atoms with Gasteiger partial charge in [-0.15, -0.1) is 0 Å². The van der Waals surface area contributed by atoms with Crippen molar-refractivity contribution < 1.29 is 30.7 Å². The van der Waals surface area contributed by atoms with E-state index >= 15 is 0 Å². The number of anilines is 2. The van der Waals surface area contributed by atoms with Gasteiger partial charge < -0.3 is 11.1 Å². The van der Waals surface area contributed by atoms with E-state index in [1.165, 1.54) is 6.07 Å². The van der Waals surface area contributed by atoms with Gasteiger partial charge in [-0.2, -0.15) is 16.8 Å². The van der Waals surface area contributed by atoms with E-state index in [1.807, 2.05) is 5.32 Å². The molecular weight excluding hydrogens is 300 g/mol. The Balaban J connectivity index is 3.02. The van der Waals surface area contributed by atoms with Gasteiger partial charge in [0.2, 0.25) is 5.91 Å². The molecule has 1 amide bonds. The molecule has 0 radical (unpaired) electrons. The first-order valence-electron chi connectivity index (χ1n) is 4.61. The maximum Gasteiger partial charge on any atom is 0.296 e. The fraction of sp³-hybridized carbons (Fsp3) is 0.125. The summed E-state index contributed by atoms with van der Waals surface area (Å²) in [7, 11) is -9.07. The van der Waals surface area contributed by atoms with Crippen molar-refractivity contribution >= 4 is 37.5 Å². The molecular formula is C8H10N2O7S2. The summed E-state index contributed by atoms with van der Waals surface area (Å²) in [5, 5.41) is 2.03. The van der Waals surface area contributed by atoms with Gasteiger partial charge in [0.1, 0.15) is 4.90 Å². The molecule has 1 aromatic carbocycles. The van der Waals surface area contributed by atoms with Crippen LogP contribution < -0.4 is 11.1 Å². The molecule has 0 aromatic heterocycles. The Bertz CT molecular complexity index is 709. The Kier molecular flexibility index (Phi) is 4.15. The van der Waals surface area contributed by atoms with Crippen LogP contribution in [0.5, 0.6) is 0 Å². The minimum absolute atomic E-state index is 0.101. The second-order valence-electron chi connectivity index (χ2n) is 3.50. The molecule has 0 unspecified atom stereocenters. The van der Waals surface area contributed by atoms with Crippen LogP contribution in [0.15, 0.2) is 23.1 Å². The highest BCUT2D eigenvalue weighted by Gasteiger charge is 2.17. The molecule has 1 aromatic rings. The van der Waals surface area contributed by atoms with Crippen LogP contribution in [-0.2, 0) is 25.0 Å². The van der Waals surface area contributed by atoms with Crippen LogP contribution in [0.25, 0.3) is 0 Å². The standard InChI is InChI=1S/C8H10N2O7S2/c9-6-2-1-5(3-7(6)19(15,16)17)10-8(11)4-18(12,13)14/h1-3H,4,9H2,(H,10,11)(H,12,13,14)(H,15,16,17). The van der Waals surface area contributed by atoms with E-state index in [-0.39, 0.29) is 11.4 Å². The molecule has 9 nitrogen and oxygen atoms in total. The van der Waals surface area contributed by atoms with E-state index < -0.39 is 36.8 Å². The second kappa shape index (κ2) is 5.13. The lowest BCUT2D eigenvalue weighted by atomic mass is 10.3. The summed E-state index contributed by atoms with van der Waals surface area (Å²) in [6, 6.07) is 3.16. The van der Waals surface area contributed by atoms with Crippen molar-refractivity contribution in [1.29, 1.82) is 0 Å². The normalized spacial score (nSPS) is 12.1. The van der Waals surface area contributed by atoms with E-state index in [4.69, 9.17) is 14.8 Å². The van der Waals surface area contributed by atoms with Gasteiger partial charge in [-0.25, -0.2) is 0 Å². The molecule has 1 rings (SSSR count). The quantitative estimate of drug-likeness (QED) is 0.420. The highest BCUT2D eigenvalue weighted by Crippen LogP contribution is 2.22. The van der Waals surface area contributed by atoms with Gasteiger partial charge in [0.05, 0.1) is 5.69 Å². The van der Waals surface area contributed by atoms with E-state index in [0.717, 1.165) is 12.1 Å². The molecule has 0 saturated heterocycles. The van der Waals surface area contributed by atoms with Crippen LogP contribution in [0.3, 0.4) is 0 Å². The average Bonchev–Trinajstić information content (AvgIpc) is 2.16. The van der Waals surface area contributed by atoms with Gasteiger partial charge in [0, 0.05) is 5.69 Å². The third-order valence-corrected chi connectivity index (χ3v) is 3.43. The Morgan fingerprint density at radius 3 is 2.26 bits per heavy atom. The molecule has 19 heavy (non-hydrogen) atoms. The number of nitrogens with one attached hydrogen (secondary N) is 1. The number of nitrogens with two attached hydrogens (primary N) is 1. The largest absolute Gasteiger partial charge is 0.398 e. The van der Waals surface area contributed by atoms with E-state index in [9.17, 15) is 21.6 Å². The monoisotopic (exact) mass is 310 g/mol. The van der Waals surface area contributed by atoms with Gasteiger partial charge in [-0.3, -0.25) is 13.9 Å². The molecule has 0 spiro atoms. The number of hydrogen-bond donors (Lipinski definition) is 4. The third kappa shape index (κ3) is 4.82. The molecule has 0 aliphatic heterocycles. The lowest BCUT2D eigenvalue weighted by molar-refractivity contribution is -0.113. The van der Waals surface area contributed by atoms with E-state index in [0.29, 0.717) is 0 Å². The van der Waals surface area contributed by atoms with Crippen molar-refractivity contribution in [2.45, 2.75) is 4.90 Å². The average molecular weight is 310 g/mol. The van der Waals surface area contributed by atoms with Crippen molar-refractivity contribution in [1.82, 2.24) is 0 Å². The van der Waals surface area contributed by atoms with E-state index in [1.54, 1.807) is 0 Å². The van der Waals surface area contributed by atoms with Crippen LogP contribution >= 0.6 is 0 Å². The number of benzene rings is 1.